The molecule has 66 valence electrons. The second-order valence-corrected chi connectivity index (χ2v) is 2.97. The molecule has 3 heteroatoms. The average Bonchev–Trinajstić information content (AvgIpc) is 2.37. The first-order valence-corrected chi connectivity index (χ1v) is 4.03. The lowest BCUT2D eigenvalue weighted by atomic mass is 10.3. The van der Waals surface area contributed by atoms with Gasteiger partial charge in [0.05, 0.1) is 12.2 Å². The maximum atomic E-state index is 4.19. The van der Waals surface area contributed by atoms with E-state index in [0.29, 0.717) is 0 Å². The van der Waals surface area contributed by atoms with Gasteiger partial charge < -0.3 is 5.32 Å². The quantitative estimate of drug-likeness (QED) is 0.679. The van der Waals surface area contributed by atoms with Crippen LogP contribution in [-0.4, -0.2) is 16.8 Å². The largest absolute Gasteiger partial charge is 0.314 e. The number of hydrogen-bond donors (Lipinski definition) is 1. The molecule has 0 spiro atoms. The van der Waals surface area contributed by atoms with E-state index in [1.807, 2.05) is 30.9 Å². The van der Waals surface area contributed by atoms with E-state index in [2.05, 4.69) is 17.0 Å². The van der Waals surface area contributed by atoms with E-state index in [0.717, 1.165) is 18.7 Å². The van der Waals surface area contributed by atoms with E-state index in [1.54, 1.807) is 0 Å². The lowest BCUT2D eigenvalue weighted by Crippen LogP contribution is -2.12. The zero-order valence-electron chi connectivity index (χ0n) is 7.67. The molecule has 1 heterocycles. The smallest absolute Gasteiger partial charge is 0.0617 e. The Balaban J connectivity index is 2.69. The molecule has 0 unspecified atom stereocenters. The van der Waals surface area contributed by atoms with Crippen LogP contribution in [-0.2, 0) is 13.1 Å². The Morgan fingerprint density at radius 2 is 2.50 bits per heavy atom. The average molecular weight is 165 g/mol. The molecule has 1 N–H and O–H groups in total. The van der Waals surface area contributed by atoms with Crippen LogP contribution in [0.15, 0.2) is 24.4 Å². The van der Waals surface area contributed by atoms with Gasteiger partial charge in [-0.3, -0.25) is 4.68 Å². The second-order valence-electron chi connectivity index (χ2n) is 2.97. The summed E-state index contributed by atoms with van der Waals surface area (Å²) in [7, 11) is 1.93. The van der Waals surface area contributed by atoms with Crippen molar-refractivity contribution in [3.05, 3.63) is 30.1 Å². The van der Waals surface area contributed by atoms with E-state index < -0.39 is 0 Å². The highest BCUT2D eigenvalue weighted by Gasteiger charge is 1.99. The zero-order valence-corrected chi connectivity index (χ0v) is 7.67. The standard InChI is InChI=1S/C9H15N3/c1-8(2)7-12-9(6-10-3)4-5-11-12/h4-5,10H,1,6-7H2,2-3H3. The molecule has 0 bridgehead atoms. The van der Waals surface area contributed by atoms with Gasteiger partial charge >= 0.3 is 0 Å². The maximum absolute atomic E-state index is 4.19. The third-order valence-electron chi connectivity index (χ3n) is 1.58. The topological polar surface area (TPSA) is 29.9 Å². The van der Waals surface area contributed by atoms with Crippen molar-refractivity contribution in [1.82, 2.24) is 15.1 Å². The van der Waals surface area contributed by atoms with Crippen LogP contribution in [0.4, 0.5) is 0 Å². The summed E-state index contributed by atoms with van der Waals surface area (Å²) >= 11 is 0. The Bertz CT molecular complexity index is 262. The summed E-state index contributed by atoms with van der Waals surface area (Å²) in [5.41, 5.74) is 2.32. The summed E-state index contributed by atoms with van der Waals surface area (Å²) in [5.74, 6) is 0. The summed E-state index contributed by atoms with van der Waals surface area (Å²) in [6, 6.07) is 2.01. The van der Waals surface area contributed by atoms with Crippen LogP contribution in [0.25, 0.3) is 0 Å². The van der Waals surface area contributed by atoms with Crippen LogP contribution in [0, 0.1) is 0 Å². The minimum Gasteiger partial charge on any atom is -0.314 e. The Hall–Kier alpha value is -1.09. The van der Waals surface area contributed by atoms with Crippen molar-refractivity contribution < 1.29 is 0 Å². The molecular formula is C9H15N3. The van der Waals surface area contributed by atoms with Gasteiger partial charge in [-0.15, -0.1) is 0 Å². The molecule has 0 saturated carbocycles. The van der Waals surface area contributed by atoms with Gasteiger partial charge in [0.1, 0.15) is 0 Å². The fraction of sp³-hybridized carbons (Fsp3) is 0.444. The summed E-state index contributed by atoms with van der Waals surface area (Å²) in [6.07, 6.45) is 1.82. The predicted octanol–water partition coefficient (Wildman–Crippen LogP) is 1.18. The number of aromatic nitrogens is 2. The molecule has 1 rings (SSSR count). The fourth-order valence-corrected chi connectivity index (χ4v) is 1.09. The lowest BCUT2D eigenvalue weighted by Gasteiger charge is -2.05. The third kappa shape index (κ3) is 2.20. The van der Waals surface area contributed by atoms with Crippen LogP contribution in [0.2, 0.25) is 0 Å². The summed E-state index contributed by atoms with van der Waals surface area (Å²) < 4.78 is 1.96. The Morgan fingerprint density at radius 3 is 3.08 bits per heavy atom. The van der Waals surface area contributed by atoms with Crippen LogP contribution in [0.3, 0.4) is 0 Å². The monoisotopic (exact) mass is 165 g/mol. The highest BCUT2D eigenvalue weighted by Crippen LogP contribution is 2.01. The predicted molar refractivity (Wildman–Crippen MR) is 49.8 cm³/mol. The molecule has 0 aliphatic carbocycles. The van der Waals surface area contributed by atoms with E-state index in [4.69, 9.17) is 0 Å². The van der Waals surface area contributed by atoms with E-state index >= 15 is 0 Å². The fourth-order valence-electron chi connectivity index (χ4n) is 1.09. The van der Waals surface area contributed by atoms with Crippen molar-refractivity contribution in [3.8, 4) is 0 Å². The number of allylic oxidation sites excluding steroid dienone is 1. The van der Waals surface area contributed by atoms with Gasteiger partial charge in [0.2, 0.25) is 0 Å². The van der Waals surface area contributed by atoms with Gasteiger partial charge in [0, 0.05) is 12.7 Å². The molecule has 0 radical (unpaired) electrons. The van der Waals surface area contributed by atoms with Crippen LogP contribution >= 0.6 is 0 Å². The first kappa shape index (κ1) is 9.00. The van der Waals surface area contributed by atoms with E-state index in [-0.39, 0.29) is 0 Å². The molecule has 0 amide bonds. The molecule has 12 heavy (non-hydrogen) atoms. The Labute approximate surface area is 73.1 Å². The van der Waals surface area contributed by atoms with Gasteiger partial charge in [-0.05, 0) is 20.0 Å². The van der Waals surface area contributed by atoms with E-state index in [1.165, 1.54) is 5.69 Å². The molecule has 0 aliphatic rings. The van der Waals surface area contributed by atoms with Gasteiger partial charge in [0.25, 0.3) is 0 Å². The number of rotatable bonds is 4. The molecular weight excluding hydrogens is 150 g/mol. The molecule has 1 aromatic heterocycles. The van der Waals surface area contributed by atoms with Crippen LogP contribution in [0.5, 0.6) is 0 Å². The first-order valence-electron chi connectivity index (χ1n) is 4.03. The highest BCUT2D eigenvalue weighted by atomic mass is 15.3. The minimum atomic E-state index is 0.810. The van der Waals surface area contributed by atoms with Gasteiger partial charge in [-0.25, -0.2) is 0 Å². The van der Waals surface area contributed by atoms with Crippen molar-refractivity contribution in [2.45, 2.75) is 20.0 Å². The van der Waals surface area contributed by atoms with Crippen LogP contribution in [0.1, 0.15) is 12.6 Å². The molecule has 1 aromatic rings. The Kier molecular flexibility index (Phi) is 3.05. The molecule has 0 atom stereocenters. The Morgan fingerprint density at radius 1 is 1.75 bits per heavy atom. The number of nitrogens with one attached hydrogen (secondary N) is 1. The molecule has 0 aromatic carbocycles. The maximum Gasteiger partial charge on any atom is 0.0617 e. The van der Waals surface area contributed by atoms with Crippen molar-refractivity contribution in [1.29, 1.82) is 0 Å². The van der Waals surface area contributed by atoms with Gasteiger partial charge in [0.15, 0.2) is 0 Å². The minimum absolute atomic E-state index is 0.810. The van der Waals surface area contributed by atoms with Crippen molar-refractivity contribution in [3.63, 3.8) is 0 Å². The molecule has 0 saturated heterocycles. The van der Waals surface area contributed by atoms with Crippen LogP contribution < -0.4 is 5.32 Å². The SMILES string of the molecule is C=C(C)Cn1nccc1CNC. The lowest BCUT2D eigenvalue weighted by molar-refractivity contribution is 0.617. The molecule has 0 fully saturated rings. The normalized spacial score (nSPS) is 10.2. The van der Waals surface area contributed by atoms with Crippen molar-refractivity contribution in [2.75, 3.05) is 7.05 Å². The summed E-state index contributed by atoms with van der Waals surface area (Å²) in [5, 5.41) is 7.28. The zero-order chi connectivity index (χ0) is 8.97. The van der Waals surface area contributed by atoms with Gasteiger partial charge in [-0.1, -0.05) is 12.2 Å². The summed E-state index contributed by atoms with van der Waals surface area (Å²) in [6.45, 7) is 7.52. The molecule has 3 nitrogen and oxygen atoms in total. The summed E-state index contributed by atoms with van der Waals surface area (Å²) in [4.78, 5) is 0. The number of hydrogen-bond acceptors (Lipinski definition) is 2. The number of nitrogens with zero attached hydrogens (tertiary/aromatic N) is 2. The first-order chi connectivity index (χ1) is 5.74. The van der Waals surface area contributed by atoms with Crippen molar-refractivity contribution in [2.24, 2.45) is 0 Å². The van der Waals surface area contributed by atoms with Gasteiger partial charge in [-0.2, -0.15) is 5.10 Å². The molecule has 0 aliphatic heterocycles. The second kappa shape index (κ2) is 4.07. The highest BCUT2D eigenvalue weighted by molar-refractivity contribution is 5.02. The third-order valence-corrected chi connectivity index (χ3v) is 1.58. The van der Waals surface area contributed by atoms with Crippen molar-refractivity contribution >= 4 is 0 Å². The van der Waals surface area contributed by atoms with E-state index in [9.17, 15) is 0 Å².